The Morgan fingerprint density at radius 2 is 1.93 bits per heavy atom. The average molecular weight is 440 g/mol. The van der Waals surface area contributed by atoms with Gasteiger partial charge in [-0.3, -0.25) is 0 Å². The fourth-order valence-corrected chi connectivity index (χ4v) is 3.08. The molecule has 12 heteroatoms. The third-order valence-electron chi connectivity index (χ3n) is 4.02. The van der Waals surface area contributed by atoms with Crippen molar-refractivity contribution in [3.05, 3.63) is 33.8 Å². The molecule has 0 spiro atoms. The highest BCUT2D eigenvalue weighted by atomic mass is 35.5. The molecule has 7 nitrogen and oxygen atoms in total. The minimum atomic E-state index is -5.19. The van der Waals surface area contributed by atoms with Gasteiger partial charge in [0, 0.05) is 18.1 Å². The molecule has 1 atom stereocenters. The summed E-state index contributed by atoms with van der Waals surface area (Å²) in [6, 6.07) is 3.63. The maximum atomic E-state index is 14.0. The second-order valence-electron chi connectivity index (χ2n) is 5.80. The van der Waals surface area contributed by atoms with Gasteiger partial charge in [-0.05, 0) is 18.2 Å². The van der Waals surface area contributed by atoms with Crippen LogP contribution in [-0.4, -0.2) is 68.0 Å². The number of carbonyl (C=O) groups is 1. The number of aliphatic imine (C=N–C) groups is 2. The van der Waals surface area contributed by atoms with Crippen molar-refractivity contribution in [2.45, 2.75) is 11.8 Å². The maximum absolute atomic E-state index is 14.0. The fraction of sp³-hybridized carbons (Fsp3) is 0.438. The highest BCUT2D eigenvalue weighted by molar-refractivity contribution is 6.37. The second-order valence-corrected chi connectivity index (χ2v) is 6.64. The number of morpholine rings is 1. The molecule has 2 aliphatic heterocycles. The molecule has 0 bridgehead atoms. The van der Waals surface area contributed by atoms with E-state index in [-0.39, 0.29) is 41.9 Å². The zero-order chi connectivity index (χ0) is 20.5. The SMILES string of the molecule is COC(=O)C1(C(F)(F)F)N=C(c2ccc(Cl)cc2Cl)OC(N2CCOCC2)=N1. The molecule has 0 amide bonds. The molecule has 2 heterocycles. The van der Waals surface area contributed by atoms with E-state index in [1.54, 1.807) is 0 Å². The van der Waals surface area contributed by atoms with Crippen molar-refractivity contribution in [3.63, 3.8) is 0 Å². The molecule has 3 rings (SSSR count). The van der Waals surface area contributed by atoms with Gasteiger partial charge in [0.25, 0.3) is 6.02 Å². The molecule has 0 N–H and O–H groups in total. The number of methoxy groups -OCH3 is 1. The zero-order valence-corrected chi connectivity index (χ0v) is 15.9. The third-order valence-corrected chi connectivity index (χ3v) is 4.57. The monoisotopic (exact) mass is 439 g/mol. The lowest BCUT2D eigenvalue weighted by molar-refractivity contribution is -0.202. The van der Waals surface area contributed by atoms with Crippen LogP contribution in [0.1, 0.15) is 5.56 Å². The number of amidine groups is 1. The van der Waals surface area contributed by atoms with Crippen LogP contribution in [-0.2, 0) is 19.0 Å². The molecule has 0 radical (unpaired) electrons. The standard InChI is InChI=1S/C16H14Cl2F3N3O4/c1-26-13(25)15(16(19,20)21)22-12(10-3-2-9(17)8-11(10)18)28-14(23-15)24-4-6-27-7-5-24/h2-3,8H,4-7H2,1H3. The predicted octanol–water partition coefficient (Wildman–Crippen LogP) is 2.89. The Morgan fingerprint density at radius 1 is 1.25 bits per heavy atom. The Labute approximate surface area is 167 Å². The molecule has 0 aromatic heterocycles. The van der Waals surface area contributed by atoms with Gasteiger partial charge in [0.05, 0.1) is 30.9 Å². The van der Waals surface area contributed by atoms with Gasteiger partial charge < -0.3 is 19.1 Å². The lowest BCUT2D eigenvalue weighted by Gasteiger charge is -2.35. The van der Waals surface area contributed by atoms with Gasteiger partial charge in [-0.2, -0.15) is 23.2 Å². The molecule has 0 aliphatic carbocycles. The van der Waals surface area contributed by atoms with Gasteiger partial charge in [-0.25, -0.2) is 4.79 Å². The normalized spacial score (nSPS) is 22.9. The van der Waals surface area contributed by atoms with Crippen LogP contribution in [0, 0.1) is 0 Å². The van der Waals surface area contributed by atoms with E-state index in [0.29, 0.717) is 0 Å². The molecule has 28 heavy (non-hydrogen) atoms. The Balaban J connectivity index is 2.17. The number of ether oxygens (including phenoxy) is 3. The number of hydrogen-bond acceptors (Lipinski definition) is 7. The Kier molecular flexibility index (Phi) is 5.74. The molecule has 0 saturated carbocycles. The van der Waals surface area contributed by atoms with E-state index in [0.717, 1.165) is 7.11 Å². The summed E-state index contributed by atoms with van der Waals surface area (Å²) in [4.78, 5) is 20.6. The van der Waals surface area contributed by atoms with Crippen LogP contribution in [0.2, 0.25) is 10.0 Å². The summed E-state index contributed by atoms with van der Waals surface area (Å²) in [5.41, 5.74) is -3.50. The smallest absolute Gasteiger partial charge is 0.446 e. The van der Waals surface area contributed by atoms with Crippen molar-refractivity contribution in [2.75, 3.05) is 33.4 Å². The molecule has 2 aliphatic rings. The molecule has 1 saturated heterocycles. The van der Waals surface area contributed by atoms with Crippen molar-refractivity contribution in [1.82, 2.24) is 4.90 Å². The Hall–Kier alpha value is -2.04. The summed E-state index contributed by atoms with van der Waals surface area (Å²) >= 11 is 11.9. The first kappa shape index (κ1) is 20.7. The third kappa shape index (κ3) is 3.76. The number of halogens is 5. The van der Waals surface area contributed by atoms with Gasteiger partial charge >= 0.3 is 17.8 Å². The van der Waals surface area contributed by atoms with Gasteiger partial charge in [0.15, 0.2) is 0 Å². The van der Waals surface area contributed by atoms with E-state index in [2.05, 4.69) is 14.7 Å². The molecule has 1 fully saturated rings. The van der Waals surface area contributed by atoms with Crippen molar-refractivity contribution < 1.29 is 32.2 Å². The highest BCUT2D eigenvalue weighted by Crippen LogP contribution is 2.40. The van der Waals surface area contributed by atoms with Crippen LogP contribution in [0.5, 0.6) is 0 Å². The van der Waals surface area contributed by atoms with E-state index < -0.39 is 29.7 Å². The average Bonchev–Trinajstić information content (AvgIpc) is 2.66. The number of carbonyl (C=O) groups excluding carboxylic acids is 1. The van der Waals surface area contributed by atoms with E-state index in [4.69, 9.17) is 32.7 Å². The molecule has 1 aromatic rings. The first-order valence-corrected chi connectivity index (χ1v) is 8.74. The van der Waals surface area contributed by atoms with Crippen LogP contribution in [0.4, 0.5) is 13.2 Å². The van der Waals surface area contributed by atoms with Crippen molar-refractivity contribution in [2.24, 2.45) is 9.98 Å². The first-order chi connectivity index (χ1) is 13.2. The molecular weight excluding hydrogens is 426 g/mol. The van der Waals surface area contributed by atoms with Gasteiger partial charge in [0.2, 0.25) is 5.90 Å². The molecular formula is C16H14Cl2F3N3O4. The minimum Gasteiger partial charge on any atom is -0.465 e. The van der Waals surface area contributed by atoms with Gasteiger partial charge in [0.1, 0.15) is 0 Å². The Morgan fingerprint density at radius 3 is 2.50 bits per heavy atom. The van der Waals surface area contributed by atoms with Gasteiger partial charge in [-0.15, -0.1) is 0 Å². The zero-order valence-electron chi connectivity index (χ0n) is 14.4. The van der Waals surface area contributed by atoms with E-state index in [9.17, 15) is 18.0 Å². The number of rotatable bonds is 2. The van der Waals surface area contributed by atoms with Crippen LogP contribution < -0.4 is 0 Å². The summed E-state index contributed by atoms with van der Waals surface area (Å²) in [6.07, 6.45) is -5.19. The van der Waals surface area contributed by atoms with Crippen molar-refractivity contribution in [3.8, 4) is 0 Å². The molecule has 1 unspecified atom stereocenters. The predicted molar refractivity (Wildman–Crippen MR) is 94.7 cm³/mol. The summed E-state index contributed by atoms with van der Waals surface area (Å²) in [5.74, 6) is -2.22. The summed E-state index contributed by atoms with van der Waals surface area (Å²) in [5, 5.41) is 0.262. The number of esters is 1. The largest absolute Gasteiger partial charge is 0.465 e. The summed E-state index contributed by atoms with van der Waals surface area (Å²) in [7, 11) is 0.819. The summed E-state index contributed by atoms with van der Waals surface area (Å²) < 4.78 is 56.9. The van der Waals surface area contributed by atoms with Crippen LogP contribution in [0.15, 0.2) is 28.2 Å². The van der Waals surface area contributed by atoms with Crippen LogP contribution in [0.3, 0.4) is 0 Å². The number of nitrogens with zero attached hydrogens (tertiary/aromatic N) is 3. The highest BCUT2D eigenvalue weighted by Gasteiger charge is 2.65. The van der Waals surface area contributed by atoms with Crippen LogP contribution >= 0.6 is 23.2 Å². The molecule has 1 aromatic carbocycles. The van der Waals surface area contributed by atoms with Crippen molar-refractivity contribution >= 4 is 41.1 Å². The quantitative estimate of drug-likeness (QED) is 0.662. The van der Waals surface area contributed by atoms with E-state index >= 15 is 0 Å². The number of alkyl halides is 3. The summed E-state index contributed by atoms with van der Waals surface area (Å²) in [6.45, 7) is 0.951. The van der Waals surface area contributed by atoms with Crippen LogP contribution in [0.25, 0.3) is 0 Å². The lowest BCUT2D eigenvalue weighted by atomic mass is 10.1. The number of hydrogen-bond donors (Lipinski definition) is 0. The van der Waals surface area contributed by atoms with E-state index in [1.165, 1.54) is 23.1 Å². The van der Waals surface area contributed by atoms with E-state index in [1.807, 2.05) is 0 Å². The van der Waals surface area contributed by atoms with Gasteiger partial charge in [-0.1, -0.05) is 23.2 Å². The van der Waals surface area contributed by atoms with Crippen molar-refractivity contribution in [1.29, 1.82) is 0 Å². The maximum Gasteiger partial charge on any atom is 0.446 e. The fourth-order valence-electron chi connectivity index (χ4n) is 2.59. The molecule has 152 valence electrons. The Bertz CT molecular complexity index is 841. The number of benzene rings is 1. The first-order valence-electron chi connectivity index (χ1n) is 7.99. The topological polar surface area (TPSA) is 72.7 Å². The minimum absolute atomic E-state index is 0.00424. The lowest BCUT2D eigenvalue weighted by Crippen LogP contribution is -2.55. The second kappa shape index (κ2) is 7.76.